The van der Waals surface area contributed by atoms with Crippen LogP contribution >= 0.6 is 35.3 Å². The number of ether oxygens (including phenoxy) is 2. The van der Waals surface area contributed by atoms with Crippen molar-refractivity contribution >= 4 is 46.2 Å². The number of halogens is 1. The molecule has 0 amide bonds. The van der Waals surface area contributed by atoms with Crippen molar-refractivity contribution in [3.8, 4) is 11.5 Å². The van der Waals surface area contributed by atoms with E-state index in [1.54, 1.807) is 18.4 Å². The van der Waals surface area contributed by atoms with Crippen molar-refractivity contribution in [2.24, 2.45) is 4.99 Å². The number of guanidine groups is 1. The third-order valence-electron chi connectivity index (χ3n) is 5.20. The van der Waals surface area contributed by atoms with Crippen LogP contribution in [0.3, 0.4) is 0 Å². The van der Waals surface area contributed by atoms with E-state index >= 15 is 0 Å². The van der Waals surface area contributed by atoms with Gasteiger partial charge in [0.05, 0.1) is 32.0 Å². The van der Waals surface area contributed by atoms with Gasteiger partial charge in [0.15, 0.2) is 22.4 Å². The molecule has 2 heterocycles. The molecule has 2 aromatic heterocycles. The molecule has 1 fully saturated rings. The second kappa shape index (κ2) is 11.6. The Labute approximate surface area is 204 Å². The molecule has 31 heavy (non-hydrogen) atoms. The van der Waals surface area contributed by atoms with Crippen molar-refractivity contribution in [1.82, 2.24) is 20.0 Å². The molecule has 1 aromatic carbocycles. The second-order valence-electron chi connectivity index (χ2n) is 7.35. The van der Waals surface area contributed by atoms with E-state index in [2.05, 4.69) is 28.6 Å². The highest BCUT2D eigenvalue weighted by atomic mass is 127. The standard InChI is InChI=1S/C22H29N5O2S.HI/c1-3-23-21(25-14-17-15-27-11-12-30-22(27)26-17)24-13-16-7-6-10-19(28-2)20(16)29-18-8-4-5-9-18;/h6-7,10-12,15,18H,3-5,8-9,13-14H2,1-2H3,(H2,23,24,25);1H. The molecular weight excluding hydrogens is 525 g/mol. The van der Waals surface area contributed by atoms with Gasteiger partial charge < -0.3 is 20.1 Å². The highest BCUT2D eigenvalue weighted by Gasteiger charge is 2.20. The summed E-state index contributed by atoms with van der Waals surface area (Å²) in [7, 11) is 1.69. The Hall–Kier alpha value is -2.01. The van der Waals surface area contributed by atoms with Gasteiger partial charge in [0, 0.05) is 29.9 Å². The van der Waals surface area contributed by atoms with Gasteiger partial charge in [0.2, 0.25) is 0 Å². The quantitative estimate of drug-likeness (QED) is 0.242. The Morgan fingerprint density at radius 1 is 1.29 bits per heavy atom. The lowest BCUT2D eigenvalue weighted by Gasteiger charge is -2.19. The summed E-state index contributed by atoms with van der Waals surface area (Å²) in [6.45, 7) is 3.97. The SMILES string of the molecule is CCNC(=NCc1cccc(OC)c1OC1CCCC1)NCc1cn2ccsc2n1.I. The topological polar surface area (TPSA) is 72.2 Å². The van der Waals surface area contributed by atoms with Gasteiger partial charge in [-0.3, -0.25) is 4.40 Å². The average Bonchev–Trinajstić information content (AvgIpc) is 3.49. The van der Waals surface area contributed by atoms with Crippen LogP contribution in [0.4, 0.5) is 0 Å². The number of hydrogen-bond donors (Lipinski definition) is 2. The molecule has 0 unspecified atom stereocenters. The average molecular weight is 555 g/mol. The predicted octanol–water partition coefficient (Wildman–Crippen LogP) is 4.60. The number of benzene rings is 1. The zero-order valence-electron chi connectivity index (χ0n) is 18.0. The number of aliphatic imine (C=N–C) groups is 1. The fourth-order valence-corrected chi connectivity index (χ4v) is 4.41. The number of para-hydroxylation sites is 1. The smallest absolute Gasteiger partial charge is 0.193 e. The third kappa shape index (κ3) is 6.03. The first kappa shape index (κ1) is 23.6. The molecule has 168 valence electrons. The van der Waals surface area contributed by atoms with Crippen LogP contribution in [0, 0.1) is 0 Å². The maximum Gasteiger partial charge on any atom is 0.193 e. The van der Waals surface area contributed by atoms with Crippen LogP contribution < -0.4 is 20.1 Å². The molecule has 4 rings (SSSR count). The predicted molar refractivity (Wildman–Crippen MR) is 136 cm³/mol. The molecule has 7 nitrogen and oxygen atoms in total. The number of nitrogens with one attached hydrogen (secondary N) is 2. The summed E-state index contributed by atoms with van der Waals surface area (Å²) in [6, 6.07) is 6.00. The summed E-state index contributed by atoms with van der Waals surface area (Å²) in [4.78, 5) is 10.4. The van der Waals surface area contributed by atoms with Crippen molar-refractivity contribution in [2.45, 2.75) is 51.8 Å². The van der Waals surface area contributed by atoms with E-state index < -0.39 is 0 Å². The van der Waals surface area contributed by atoms with E-state index in [1.165, 1.54) is 12.8 Å². The van der Waals surface area contributed by atoms with Crippen molar-refractivity contribution in [3.63, 3.8) is 0 Å². The van der Waals surface area contributed by atoms with Gasteiger partial charge in [-0.2, -0.15) is 0 Å². The van der Waals surface area contributed by atoms with E-state index in [0.29, 0.717) is 13.1 Å². The molecule has 1 aliphatic rings. The van der Waals surface area contributed by atoms with Crippen LogP contribution in [-0.2, 0) is 13.1 Å². The molecule has 3 aromatic rings. The molecule has 0 bridgehead atoms. The summed E-state index contributed by atoms with van der Waals surface area (Å²) < 4.78 is 13.9. The number of hydrogen-bond acceptors (Lipinski definition) is 5. The summed E-state index contributed by atoms with van der Waals surface area (Å²) in [5.74, 6) is 2.34. The number of rotatable bonds is 8. The van der Waals surface area contributed by atoms with Gasteiger partial charge in [0.25, 0.3) is 0 Å². The van der Waals surface area contributed by atoms with Crippen LogP contribution in [0.25, 0.3) is 4.96 Å². The Balaban J connectivity index is 0.00000272. The van der Waals surface area contributed by atoms with E-state index in [4.69, 9.17) is 14.5 Å². The molecule has 1 aliphatic carbocycles. The minimum Gasteiger partial charge on any atom is -0.493 e. The van der Waals surface area contributed by atoms with Crippen LogP contribution in [0.15, 0.2) is 41.0 Å². The second-order valence-corrected chi connectivity index (χ2v) is 8.22. The molecular formula is C22H30IN5O2S. The van der Waals surface area contributed by atoms with Crippen LogP contribution in [0.1, 0.15) is 43.9 Å². The van der Waals surface area contributed by atoms with Crippen molar-refractivity contribution < 1.29 is 9.47 Å². The van der Waals surface area contributed by atoms with Crippen molar-refractivity contribution in [1.29, 1.82) is 0 Å². The minimum atomic E-state index is 0. The summed E-state index contributed by atoms with van der Waals surface area (Å²) in [5, 5.41) is 8.71. The number of imidazole rings is 1. The lowest BCUT2D eigenvalue weighted by molar-refractivity contribution is 0.198. The maximum absolute atomic E-state index is 6.33. The van der Waals surface area contributed by atoms with Gasteiger partial charge in [-0.1, -0.05) is 12.1 Å². The minimum absolute atomic E-state index is 0. The van der Waals surface area contributed by atoms with E-state index in [0.717, 1.165) is 53.1 Å². The fraction of sp³-hybridized carbons (Fsp3) is 0.455. The Morgan fingerprint density at radius 3 is 2.87 bits per heavy atom. The molecule has 2 N–H and O–H groups in total. The maximum atomic E-state index is 6.33. The molecule has 0 radical (unpaired) electrons. The van der Waals surface area contributed by atoms with E-state index in [1.807, 2.05) is 34.3 Å². The van der Waals surface area contributed by atoms with Gasteiger partial charge in [0.1, 0.15) is 0 Å². The van der Waals surface area contributed by atoms with Crippen molar-refractivity contribution in [2.75, 3.05) is 13.7 Å². The van der Waals surface area contributed by atoms with Crippen molar-refractivity contribution in [3.05, 3.63) is 47.2 Å². The first-order valence-electron chi connectivity index (χ1n) is 10.5. The highest BCUT2D eigenvalue weighted by Crippen LogP contribution is 2.35. The Morgan fingerprint density at radius 2 is 2.13 bits per heavy atom. The molecule has 0 aliphatic heterocycles. The number of thiazole rings is 1. The Bertz CT molecular complexity index is 968. The third-order valence-corrected chi connectivity index (χ3v) is 5.97. The lowest BCUT2D eigenvalue weighted by Crippen LogP contribution is -2.36. The van der Waals surface area contributed by atoms with Gasteiger partial charge >= 0.3 is 0 Å². The normalized spacial score (nSPS) is 14.5. The van der Waals surface area contributed by atoms with Gasteiger partial charge in [-0.05, 0) is 38.7 Å². The first-order valence-corrected chi connectivity index (χ1v) is 11.4. The molecule has 9 heteroatoms. The zero-order valence-corrected chi connectivity index (χ0v) is 21.1. The first-order chi connectivity index (χ1) is 14.8. The van der Waals surface area contributed by atoms with E-state index in [9.17, 15) is 0 Å². The Kier molecular flexibility index (Phi) is 8.82. The summed E-state index contributed by atoms with van der Waals surface area (Å²) in [6.07, 6.45) is 8.99. The number of aromatic nitrogens is 2. The molecule has 0 atom stereocenters. The number of nitrogens with zero attached hydrogens (tertiary/aromatic N) is 3. The number of fused-ring (bicyclic) bond motifs is 1. The van der Waals surface area contributed by atoms with Crippen LogP contribution in [0.2, 0.25) is 0 Å². The zero-order chi connectivity index (χ0) is 20.8. The summed E-state index contributed by atoms with van der Waals surface area (Å²) >= 11 is 1.63. The fourth-order valence-electron chi connectivity index (χ4n) is 3.69. The van der Waals surface area contributed by atoms with E-state index in [-0.39, 0.29) is 30.1 Å². The van der Waals surface area contributed by atoms with Gasteiger partial charge in [-0.25, -0.2) is 9.98 Å². The monoisotopic (exact) mass is 555 g/mol. The largest absolute Gasteiger partial charge is 0.493 e. The summed E-state index contributed by atoms with van der Waals surface area (Å²) in [5.41, 5.74) is 2.01. The van der Waals surface area contributed by atoms with Crippen LogP contribution in [-0.4, -0.2) is 35.1 Å². The molecule has 1 saturated carbocycles. The van der Waals surface area contributed by atoms with Gasteiger partial charge in [-0.15, -0.1) is 35.3 Å². The highest BCUT2D eigenvalue weighted by molar-refractivity contribution is 14.0. The lowest BCUT2D eigenvalue weighted by atomic mass is 10.1. The molecule has 0 saturated heterocycles. The number of methoxy groups -OCH3 is 1. The van der Waals surface area contributed by atoms with Crippen LogP contribution in [0.5, 0.6) is 11.5 Å². The molecule has 0 spiro atoms.